The van der Waals surface area contributed by atoms with E-state index < -0.39 is 0 Å². The summed E-state index contributed by atoms with van der Waals surface area (Å²) >= 11 is 1.57. The highest BCUT2D eigenvalue weighted by molar-refractivity contribution is 7.13. The lowest BCUT2D eigenvalue weighted by Crippen LogP contribution is -2.49. The number of hydrogen-bond donors (Lipinski definition) is 0. The van der Waals surface area contributed by atoms with E-state index in [4.69, 9.17) is 0 Å². The van der Waals surface area contributed by atoms with E-state index in [0.717, 1.165) is 41.6 Å². The number of hydrogen-bond acceptors (Lipinski definition) is 4. The van der Waals surface area contributed by atoms with Crippen LogP contribution in [0.15, 0.2) is 30.3 Å². The molecule has 1 saturated heterocycles. The lowest BCUT2D eigenvalue weighted by molar-refractivity contribution is 0.0502. The van der Waals surface area contributed by atoms with E-state index in [-0.39, 0.29) is 11.9 Å². The molecule has 3 rings (SSSR count). The van der Waals surface area contributed by atoms with Gasteiger partial charge in [0.2, 0.25) is 0 Å². The Morgan fingerprint density at radius 3 is 2.68 bits per heavy atom. The van der Waals surface area contributed by atoms with Crippen LogP contribution in [0.3, 0.4) is 0 Å². The normalized spacial score (nSPS) is 18.8. The zero-order chi connectivity index (χ0) is 18.0. The van der Waals surface area contributed by atoms with Gasteiger partial charge in [0.05, 0.1) is 16.7 Å². The molecule has 2 heterocycles. The first-order valence-electron chi connectivity index (χ1n) is 8.96. The summed E-state index contributed by atoms with van der Waals surface area (Å²) in [6, 6.07) is 10.5. The Hall–Kier alpha value is -1.72. The topological polar surface area (TPSA) is 36.4 Å². The average molecular weight is 358 g/mol. The predicted octanol–water partition coefficient (Wildman–Crippen LogP) is 3.78. The van der Waals surface area contributed by atoms with Gasteiger partial charge >= 0.3 is 0 Å². The summed E-state index contributed by atoms with van der Waals surface area (Å²) in [7, 11) is 2.12. The maximum absolute atomic E-state index is 13.3. The van der Waals surface area contributed by atoms with Gasteiger partial charge < -0.3 is 9.80 Å². The second-order valence-electron chi connectivity index (χ2n) is 7.31. The molecular weight excluding hydrogens is 330 g/mol. The van der Waals surface area contributed by atoms with Crippen LogP contribution in [0, 0.1) is 12.8 Å². The molecule has 1 aromatic heterocycles. The van der Waals surface area contributed by atoms with Crippen LogP contribution in [-0.4, -0.2) is 47.4 Å². The van der Waals surface area contributed by atoms with Crippen LogP contribution in [-0.2, 0) is 6.42 Å². The molecule has 1 unspecified atom stereocenters. The Balaban J connectivity index is 1.88. The fourth-order valence-electron chi connectivity index (χ4n) is 3.34. The third-order valence-electron chi connectivity index (χ3n) is 4.65. The monoisotopic (exact) mass is 357 g/mol. The maximum Gasteiger partial charge on any atom is 0.266 e. The Bertz CT molecular complexity index is 726. The van der Waals surface area contributed by atoms with Crippen molar-refractivity contribution in [2.75, 3.05) is 26.7 Å². The van der Waals surface area contributed by atoms with Crippen LogP contribution in [0.4, 0.5) is 0 Å². The Morgan fingerprint density at radius 1 is 1.28 bits per heavy atom. The zero-order valence-corrected chi connectivity index (χ0v) is 16.3. The highest BCUT2D eigenvalue weighted by Crippen LogP contribution is 2.29. The molecule has 1 aliphatic heterocycles. The number of carbonyl (C=O) groups is 1. The Kier molecular flexibility index (Phi) is 5.54. The molecule has 25 heavy (non-hydrogen) atoms. The average Bonchev–Trinajstić information content (AvgIpc) is 2.94. The van der Waals surface area contributed by atoms with Gasteiger partial charge in [-0.2, -0.15) is 0 Å². The summed E-state index contributed by atoms with van der Waals surface area (Å²) in [5, 5.41) is 1.07. The molecule has 1 atom stereocenters. The molecule has 4 nitrogen and oxygen atoms in total. The van der Waals surface area contributed by atoms with Crippen LogP contribution in [0.2, 0.25) is 0 Å². The number of nitrogens with zero attached hydrogens (tertiary/aromatic N) is 3. The first-order valence-corrected chi connectivity index (χ1v) is 9.78. The van der Waals surface area contributed by atoms with E-state index in [1.54, 1.807) is 11.3 Å². The molecule has 5 heteroatoms. The third-order valence-corrected chi connectivity index (χ3v) is 5.81. The number of piperazine rings is 1. The summed E-state index contributed by atoms with van der Waals surface area (Å²) in [5.74, 6) is 0.682. The minimum absolute atomic E-state index is 0.0995. The second kappa shape index (κ2) is 7.67. The second-order valence-corrected chi connectivity index (χ2v) is 8.39. The molecule has 1 aliphatic rings. The van der Waals surface area contributed by atoms with Gasteiger partial charge in [-0.15, -0.1) is 11.3 Å². The zero-order valence-electron chi connectivity index (χ0n) is 15.5. The van der Waals surface area contributed by atoms with Gasteiger partial charge in [0.25, 0.3) is 5.91 Å². The van der Waals surface area contributed by atoms with Gasteiger partial charge in [-0.05, 0) is 25.5 Å². The van der Waals surface area contributed by atoms with Crippen molar-refractivity contribution in [2.24, 2.45) is 5.92 Å². The third kappa shape index (κ3) is 4.10. The molecule has 0 spiro atoms. The summed E-state index contributed by atoms with van der Waals surface area (Å²) < 4.78 is 0. The maximum atomic E-state index is 13.3. The number of carbonyl (C=O) groups excluding carboxylic acids is 1. The first-order chi connectivity index (χ1) is 12.0. The van der Waals surface area contributed by atoms with Gasteiger partial charge in [-0.25, -0.2) is 4.98 Å². The van der Waals surface area contributed by atoms with E-state index >= 15 is 0 Å². The number of aromatic nitrogens is 1. The minimum Gasteiger partial charge on any atom is -0.328 e. The Labute approximate surface area is 154 Å². The van der Waals surface area contributed by atoms with E-state index in [0.29, 0.717) is 5.92 Å². The van der Waals surface area contributed by atoms with Crippen LogP contribution >= 0.6 is 11.3 Å². The summed E-state index contributed by atoms with van der Waals surface area (Å²) in [5.41, 5.74) is 2.07. The van der Waals surface area contributed by atoms with Crippen LogP contribution in [0.5, 0.6) is 0 Å². The summed E-state index contributed by atoms with van der Waals surface area (Å²) in [4.78, 5) is 23.1. The van der Waals surface area contributed by atoms with Crippen molar-refractivity contribution >= 4 is 17.2 Å². The van der Waals surface area contributed by atoms with Gasteiger partial charge in [0.1, 0.15) is 4.88 Å². The highest BCUT2D eigenvalue weighted by Gasteiger charge is 2.32. The van der Waals surface area contributed by atoms with Crippen molar-refractivity contribution in [1.82, 2.24) is 14.8 Å². The molecule has 1 fully saturated rings. The van der Waals surface area contributed by atoms with Crippen LogP contribution in [0.25, 0.3) is 0 Å². The van der Waals surface area contributed by atoms with Gasteiger partial charge in [-0.3, -0.25) is 4.79 Å². The summed E-state index contributed by atoms with van der Waals surface area (Å²) in [6.45, 7) is 8.86. The molecule has 0 bridgehead atoms. The smallest absolute Gasteiger partial charge is 0.266 e. The van der Waals surface area contributed by atoms with Gasteiger partial charge in [0, 0.05) is 26.1 Å². The number of amides is 1. The molecule has 1 amide bonds. The molecule has 2 aromatic rings. The number of benzene rings is 1. The first kappa shape index (κ1) is 18.1. The number of thiazole rings is 1. The van der Waals surface area contributed by atoms with Crippen LogP contribution < -0.4 is 0 Å². The van der Waals surface area contributed by atoms with Crippen molar-refractivity contribution in [3.05, 3.63) is 51.5 Å². The van der Waals surface area contributed by atoms with Crippen molar-refractivity contribution < 1.29 is 4.79 Å². The van der Waals surface area contributed by atoms with Gasteiger partial charge in [-0.1, -0.05) is 44.2 Å². The lowest BCUT2D eigenvalue weighted by Gasteiger charge is -2.40. The molecular formula is C20H27N3OS. The fourth-order valence-corrected chi connectivity index (χ4v) is 4.57. The highest BCUT2D eigenvalue weighted by atomic mass is 32.1. The molecule has 0 aliphatic carbocycles. The van der Waals surface area contributed by atoms with Crippen molar-refractivity contribution in [3.8, 4) is 0 Å². The predicted molar refractivity (Wildman–Crippen MR) is 103 cm³/mol. The van der Waals surface area contributed by atoms with E-state index in [1.165, 1.54) is 5.56 Å². The summed E-state index contributed by atoms with van der Waals surface area (Å²) in [6.07, 6.45) is 0.934. The Morgan fingerprint density at radius 2 is 2.00 bits per heavy atom. The largest absolute Gasteiger partial charge is 0.328 e. The molecule has 134 valence electrons. The van der Waals surface area contributed by atoms with Gasteiger partial charge in [0.15, 0.2) is 0 Å². The van der Waals surface area contributed by atoms with E-state index in [1.807, 2.05) is 30.0 Å². The van der Waals surface area contributed by atoms with Crippen molar-refractivity contribution in [2.45, 2.75) is 33.2 Å². The molecule has 0 saturated carbocycles. The molecule has 0 radical (unpaired) electrons. The van der Waals surface area contributed by atoms with E-state index in [9.17, 15) is 4.79 Å². The fraction of sp³-hybridized carbons (Fsp3) is 0.500. The van der Waals surface area contributed by atoms with Crippen molar-refractivity contribution in [1.29, 1.82) is 0 Å². The molecule has 1 aromatic carbocycles. The SMILES string of the molecule is Cc1nc(CC(C)C)sc1C(=O)N1CCN(C)CC1c1ccccc1. The number of aryl methyl sites for hydroxylation is 1. The standard InChI is InChI=1S/C20H27N3OS/c1-14(2)12-18-21-15(3)19(25-18)20(24)23-11-10-22(4)13-17(23)16-8-6-5-7-9-16/h5-9,14,17H,10-13H2,1-4H3. The lowest BCUT2D eigenvalue weighted by atomic mass is 10.0. The molecule has 0 N–H and O–H groups in total. The number of likely N-dealkylation sites (N-methyl/N-ethyl adjacent to an activating group) is 1. The van der Waals surface area contributed by atoms with Crippen molar-refractivity contribution in [3.63, 3.8) is 0 Å². The van der Waals surface area contributed by atoms with E-state index in [2.05, 4.69) is 42.9 Å². The minimum atomic E-state index is 0.0995. The quantitative estimate of drug-likeness (QED) is 0.835. The van der Waals surface area contributed by atoms with Crippen LogP contribution in [0.1, 0.15) is 45.8 Å². The number of rotatable bonds is 4.